The first-order valence-electron chi connectivity index (χ1n) is 6.68. The van der Waals surface area contributed by atoms with Crippen molar-refractivity contribution in [2.75, 3.05) is 5.32 Å². The van der Waals surface area contributed by atoms with E-state index >= 15 is 0 Å². The van der Waals surface area contributed by atoms with E-state index in [0.717, 1.165) is 16.7 Å². The fourth-order valence-electron chi connectivity index (χ4n) is 1.72. The van der Waals surface area contributed by atoms with Gasteiger partial charge in [0, 0.05) is 23.6 Å². The van der Waals surface area contributed by atoms with Crippen LogP contribution in [0.2, 0.25) is 0 Å². The number of nitrogens with zero attached hydrogens (tertiary/aromatic N) is 2. The number of nitrogens with one attached hydrogen (secondary N) is 2. The molecule has 1 aromatic heterocycles. The van der Waals surface area contributed by atoms with Crippen molar-refractivity contribution in [3.05, 3.63) is 59.4 Å². The highest BCUT2D eigenvalue weighted by Gasteiger charge is 2.13. The lowest BCUT2D eigenvalue weighted by Crippen LogP contribution is -2.32. The molecule has 0 radical (unpaired) electrons. The molecular formula is C16H16N4O2. The van der Waals surface area contributed by atoms with Crippen molar-refractivity contribution in [1.29, 1.82) is 0 Å². The van der Waals surface area contributed by atoms with Crippen LogP contribution in [0.3, 0.4) is 0 Å². The number of hydrazone groups is 1. The second kappa shape index (κ2) is 7.12. The highest BCUT2D eigenvalue weighted by atomic mass is 16.2. The molecule has 0 aliphatic carbocycles. The summed E-state index contributed by atoms with van der Waals surface area (Å²) < 4.78 is 0. The van der Waals surface area contributed by atoms with Gasteiger partial charge in [-0.15, -0.1) is 0 Å². The molecule has 2 amide bonds. The zero-order valence-corrected chi connectivity index (χ0v) is 12.3. The number of benzene rings is 1. The van der Waals surface area contributed by atoms with E-state index in [1.807, 2.05) is 26.0 Å². The summed E-state index contributed by atoms with van der Waals surface area (Å²) in [4.78, 5) is 27.4. The molecular weight excluding hydrogens is 280 g/mol. The van der Waals surface area contributed by atoms with Gasteiger partial charge in [-0.2, -0.15) is 5.10 Å². The molecule has 2 N–H and O–H groups in total. The van der Waals surface area contributed by atoms with E-state index in [9.17, 15) is 9.59 Å². The number of carbonyl (C=O) groups excluding carboxylic acids is 2. The van der Waals surface area contributed by atoms with Gasteiger partial charge in [-0.25, -0.2) is 5.43 Å². The van der Waals surface area contributed by atoms with E-state index < -0.39 is 11.8 Å². The molecule has 6 nitrogen and oxygen atoms in total. The lowest BCUT2D eigenvalue weighted by atomic mass is 10.1. The number of aromatic nitrogens is 1. The molecule has 112 valence electrons. The van der Waals surface area contributed by atoms with Crippen molar-refractivity contribution in [3.8, 4) is 0 Å². The molecule has 0 fully saturated rings. The van der Waals surface area contributed by atoms with Crippen molar-refractivity contribution < 1.29 is 9.59 Å². The normalized spacial score (nSPS) is 10.5. The van der Waals surface area contributed by atoms with Gasteiger partial charge in [0.2, 0.25) is 0 Å². The Morgan fingerprint density at radius 1 is 1.18 bits per heavy atom. The molecule has 1 heterocycles. The van der Waals surface area contributed by atoms with Crippen LogP contribution in [0.15, 0.2) is 47.8 Å². The number of pyridine rings is 1. The summed E-state index contributed by atoms with van der Waals surface area (Å²) in [7, 11) is 0. The van der Waals surface area contributed by atoms with Crippen molar-refractivity contribution in [3.63, 3.8) is 0 Å². The Kier molecular flexibility index (Phi) is 4.98. The molecule has 0 unspecified atom stereocenters. The van der Waals surface area contributed by atoms with Crippen LogP contribution in [0.4, 0.5) is 5.69 Å². The summed E-state index contributed by atoms with van der Waals surface area (Å²) >= 11 is 0. The molecule has 0 aliphatic rings. The first-order valence-corrected chi connectivity index (χ1v) is 6.68. The monoisotopic (exact) mass is 296 g/mol. The van der Waals surface area contributed by atoms with Gasteiger partial charge in [0.05, 0.1) is 6.21 Å². The lowest BCUT2D eigenvalue weighted by molar-refractivity contribution is -0.136. The Hall–Kier alpha value is -3.02. The average molecular weight is 296 g/mol. The number of anilines is 1. The summed E-state index contributed by atoms with van der Waals surface area (Å²) in [6, 6.07) is 9.14. The summed E-state index contributed by atoms with van der Waals surface area (Å²) in [5.74, 6) is -1.60. The van der Waals surface area contributed by atoms with E-state index in [1.165, 1.54) is 6.21 Å². The fraction of sp³-hybridized carbons (Fsp3) is 0.125. The van der Waals surface area contributed by atoms with Crippen molar-refractivity contribution in [1.82, 2.24) is 10.4 Å². The third kappa shape index (κ3) is 4.24. The molecule has 2 rings (SSSR count). The Balaban J connectivity index is 1.94. The van der Waals surface area contributed by atoms with Gasteiger partial charge in [0.25, 0.3) is 0 Å². The van der Waals surface area contributed by atoms with E-state index in [-0.39, 0.29) is 0 Å². The SMILES string of the molecule is Cc1ccc(C)c(NC(=O)C(=O)N/N=C\c2cccnc2)c1. The van der Waals surface area contributed by atoms with Crippen LogP contribution in [0.25, 0.3) is 0 Å². The minimum atomic E-state index is -0.832. The predicted molar refractivity (Wildman–Crippen MR) is 84.5 cm³/mol. The molecule has 0 spiro atoms. The Morgan fingerprint density at radius 3 is 2.73 bits per heavy atom. The topological polar surface area (TPSA) is 83.5 Å². The quantitative estimate of drug-likeness (QED) is 0.514. The lowest BCUT2D eigenvalue weighted by Gasteiger charge is -2.08. The van der Waals surface area contributed by atoms with Crippen LogP contribution < -0.4 is 10.7 Å². The molecule has 6 heteroatoms. The van der Waals surface area contributed by atoms with Crippen molar-refractivity contribution in [2.24, 2.45) is 5.10 Å². The number of hydrogen-bond acceptors (Lipinski definition) is 4. The Bertz CT molecular complexity index is 711. The third-order valence-electron chi connectivity index (χ3n) is 2.91. The van der Waals surface area contributed by atoms with Gasteiger partial charge in [0.15, 0.2) is 0 Å². The predicted octanol–water partition coefficient (Wildman–Crippen LogP) is 1.79. The van der Waals surface area contributed by atoms with Crippen LogP contribution >= 0.6 is 0 Å². The molecule has 0 saturated heterocycles. The van der Waals surface area contributed by atoms with Crippen LogP contribution in [-0.2, 0) is 9.59 Å². The van der Waals surface area contributed by atoms with E-state index in [1.54, 1.807) is 30.6 Å². The molecule has 2 aromatic rings. The Labute approximate surface area is 128 Å². The zero-order chi connectivity index (χ0) is 15.9. The van der Waals surface area contributed by atoms with Crippen LogP contribution in [-0.4, -0.2) is 23.0 Å². The largest absolute Gasteiger partial charge is 0.329 e. The summed E-state index contributed by atoms with van der Waals surface area (Å²) in [6.07, 6.45) is 4.63. The number of rotatable bonds is 3. The van der Waals surface area contributed by atoms with Crippen molar-refractivity contribution >= 4 is 23.7 Å². The highest BCUT2D eigenvalue weighted by Crippen LogP contribution is 2.15. The molecule has 0 bridgehead atoms. The average Bonchev–Trinajstić information content (AvgIpc) is 2.52. The first-order chi connectivity index (χ1) is 10.6. The van der Waals surface area contributed by atoms with E-state index in [2.05, 4.69) is 20.8 Å². The standard InChI is InChI=1S/C16H16N4O2/c1-11-5-6-12(2)14(8-11)19-15(21)16(22)20-18-10-13-4-3-7-17-9-13/h3-10H,1-2H3,(H,19,21)(H,20,22)/b18-10-. The number of hydrogen-bond donors (Lipinski definition) is 2. The number of carbonyl (C=O) groups is 2. The number of aryl methyl sites for hydroxylation is 2. The van der Waals surface area contributed by atoms with Crippen molar-refractivity contribution in [2.45, 2.75) is 13.8 Å². The minimum absolute atomic E-state index is 0.608. The van der Waals surface area contributed by atoms with Gasteiger partial charge in [-0.1, -0.05) is 18.2 Å². The Morgan fingerprint density at radius 2 is 2.00 bits per heavy atom. The van der Waals surface area contributed by atoms with Crippen LogP contribution in [0.5, 0.6) is 0 Å². The van der Waals surface area contributed by atoms with Crippen LogP contribution in [0, 0.1) is 13.8 Å². The first kappa shape index (κ1) is 15.4. The van der Waals surface area contributed by atoms with E-state index in [4.69, 9.17) is 0 Å². The van der Waals surface area contributed by atoms with Gasteiger partial charge < -0.3 is 5.32 Å². The molecule has 0 aliphatic heterocycles. The fourth-order valence-corrected chi connectivity index (χ4v) is 1.72. The van der Waals surface area contributed by atoms with Gasteiger partial charge in [0.1, 0.15) is 0 Å². The summed E-state index contributed by atoms with van der Waals surface area (Å²) in [5, 5.41) is 6.28. The van der Waals surface area contributed by atoms with Gasteiger partial charge in [-0.3, -0.25) is 14.6 Å². The van der Waals surface area contributed by atoms with Gasteiger partial charge in [-0.05, 0) is 37.1 Å². The molecule has 22 heavy (non-hydrogen) atoms. The summed E-state index contributed by atoms with van der Waals surface area (Å²) in [6.45, 7) is 3.76. The second-order valence-electron chi connectivity index (χ2n) is 4.76. The smallest absolute Gasteiger partial charge is 0.317 e. The second-order valence-corrected chi connectivity index (χ2v) is 4.76. The highest BCUT2D eigenvalue weighted by molar-refractivity contribution is 6.39. The van der Waals surface area contributed by atoms with E-state index in [0.29, 0.717) is 5.69 Å². The third-order valence-corrected chi connectivity index (χ3v) is 2.91. The summed E-state index contributed by atoms with van der Waals surface area (Å²) in [5.41, 5.74) is 5.38. The maximum Gasteiger partial charge on any atom is 0.329 e. The maximum atomic E-state index is 11.8. The molecule has 0 saturated carbocycles. The minimum Gasteiger partial charge on any atom is -0.317 e. The zero-order valence-electron chi connectivity index (χ0n) is 12.3. The number of amides is 2. The molecule has 1 aromatic carbocycles. The maximum absolute atomic E-state index is 11.8. The van der Waals surface area contributed by atoms with Crippen LogP contribution in [0.1, 0.15) is 16.7 Å². The van der Waals surface area contributed by atoms with Gasteiger partial charge >= 0.3 is 11.8 Å². The molecule has 0 atom stereocenters.